The van der Waals surface area contributed by atoms with Crippen LogP contribution in [0, 0.1) is 20.8 Å². The van der Waals surface area contributed by atoms with Crippen molar-refractivity contribution >= 4 is 63.3 Å². The Hall–Kier alpha value is -7.77. The van der Waals surface area contributed by atoms with Gasteiger partial charge in [0.05, 0.1) is 22.8 Å². The zero-order valence-corrected chi connectivity index (χ0v) is 34.2. The summed E-state index contributed by atoms with van der Waals surface area (Å²) >= 11 is 0. The second kappa shape index (κ2) is 13.1. The third kappa shape index (κ3) is 5.08. The molecule has 0 spiro atoms. The first-order chi connectivity index (χ1) is 30.5. The van der Waals surface area contributed by atoms with E-state index in [0.717, 1.165) is 124 Å². The number of rotatable bonds is 4. The zero-order valence-electron chi connectivity index (χ0n) is 34.2. The second-order valence-electron chi connectivity index (χ2n) is 16.6. The molecule has 0 radical (unpaired) electrons. The van der Waals surface area contributed by atoms with Crippen molar-refractivity contribution in [3.05, 3.63) is 175 Å². The Balaban J connectivity index is 1.02. The third-order valence-corrected chi connectivity index (χ3v) is 12.9. The number of benzene rings is 7. The summed E-state index contributed by atoms with van der Waals surface area (Å²) in [5, 5.41) is 0. The molecule has 4 aliphatic heterocycles. The second-order valence-corrected chi connectivity index (χ2v) is 16.6. The molecule has 13 rings (SSSR count). The molecule has 0 bridgehead atoms. The van der Waals surface area contributed by atoms with Crippen LogP contribution < -0.4 is 47.2 Å². The van der Waals surface area contributed by atoms with Crippen LogP contribution in [0.25, 0.3) is 45.0 Å². The molecule has 0 aliphatic carbocycles. The molecule has 0 saturated carbocycles. The summed E-state index contributed by atoms with van der Waals surface area (Å²) in [6, 6.07) is 55.5. The van der Waals surface area contributed by atoms with Crippen LogP contribution in [0.4, 0.5) is 17.1 Å². The van der Waals surface area contributed by atoms with Gasteiger partial charge in [-0.3, -0.25) is 0 Å². The lowest BCUT2D eigenvalue weighted by Crippen LogP contribution is -2.67. The molecule has 0 atom stereocenters. The number of aromatic nitrogens is 4. The van der Waals surface area contributed by atoms with Gasteiger partial charge in [0, 0.05) is 44.9 Å². The normalized spacial score (nSPS) is 13.2. The summed E-state index contributed by atoms with van der Waals surface area (Å²) in [4.78, 5) is 22.0. The van der Waals surface area contributed by atoms with Crippen LogP contribution in [0.1, 0.15) is 17.2 Å². The van der Waals surface area contributed by atoms with Gasteiger partial charge in [0.2, 0.25) is 0 Å². The van der Waals surface area contributed by atoms with E-state index in [1.807, 2.05) is 50.2 Å². The van der Waals surface area contributed by atoms with Crippen molar-refractivity contribution < 1.29 is 9.47 Å². The fourth-order valence-corrected chi connectivity index (χ4v) is 10.3. The van der Waals surface area contributed by atoms with E-state index in [9.17, 15) is 0 Å². The average Bonchev–Trinajstić information content (AvgIpc) is 3.32. The molecule has 2 aromatic heterocycles. The first-order valence-corrected chi connectivity index (χ1v) is 21.1. The van der Waals surface area contributed by atoms with E-state index >= 15 is 0 Å². The minimum Gasteiger partial charge on any atom is -0.458 e. The predicted molar refractivity (Wildman–Crippen MR) is 251 cm³/mol. The zero-order chi connectivity index (χ0) is 41.2. The Labute approximate surface area is 359 Å². The number of aryl methyl sites for hydroxylation is 2. The maximum atomic E-state index is 7.11. The largest absolute Gasteiger partial charge is 0.458 e. The molecule has 6 heterocycles. The standard InChI is InChI=1S/C53H35B2N5O2/c1-30-52-49-51-50-53(30)62-48-25-23-36(44-29-42(57-32(3)59-44)34-16-8-5-9-17-34)27-40(48)55(50)38-19-11-13-21-46(38)60(51)45-20-12-10-18-37(45)54(49)39-26-35(22-24-47(39)61-52)43-28-41(56-31(2)58-43)33-14-6-4-7-15-33/h4-29H,1-3H3. The van der Waals surface area contributed by atoms with Crippen LogP contribution in [-0.2, 0) is 0 Å². The molecule has 7 aromatic carbocycles. The number of fused-ring (bicyclic) bond motifs is 10. The quantitative estimate of drug-likeness (QED) is 0.167. The van der Waals surface area contributed by atoms with Crippen molar-refractivity contribution in [1.82, 2.24) is 19.9 Å². The fraction of sp³-hybridized carbons (Fsp3) is 0.0566. The summed E-state index contributed by atoms with van der Waals surface area (Å²) in [5.74, 6) is 4.84. The van der Waals surface area contributed by atoms with Gasteiger partial charge in [0.1, 0.15) is 34.6 Å². The Morgan fingerprint density at radius 3 is 1.26 bits per heavy atom. The van der Waals surface area contributed by atoms with Gasteiger partial charge in [-0.25, -0.2) is 19.9 Å². The highest BCUT2D eigenvalue weighted by Gasteiger charge is 2.51. The molecule has 9 aromatic rings. The van der Waals surface area contributed by atoms with E-state index in [0.29, 0.717) is 0 Å². The lowest BCUT2D eigenvalue weighted by Gasteiger charge is -2.47. The molecule has 7 nitrogen and oxygen atoms in total. The van der Waals surface area contributed by atoms with Crippen molar-refractivity contribution in [2.75, 3.05) is 4.90 Å². The number of hydrogen-bond donors (Lipinski definition) is 0. The van der Waals surface area contributed by atoms with Crippen molar-refractivity contribution in [3.8, 4) is 68.0 Å². The van der Waals surface area contributed by atoms with Gasteiger partial charge in [0.15, 0.2) is 0 Å². The Morgan fingerprint density at radius 1 is 0.403 bits per heavy atom. The lowest BCUT2D eigenvalue weighted by molar-refractivity contribution is 0.459. The first-order valence-electron chi connectivity index (χ1n) is 21.1. The van der Waals surface area contributed by atoms with Crippen molar-refractivity contribution in [2.45, 2.75) is 20.8 Å². The molecule has 0 unspecified atom stereocenters. The fourth-order valence-electron chi connectivity index (χ4n) is 10.3. The minimum absolute atomic E-state index is 0.101. The van der Waals surface area contributed by atoms with Crippen LogP contribution in [0.3, 0.4) is 0 Å². The maximum absolute atomic E-state index is 7.11. The lowest BCUT2D eigenvalue weighted by atomic mass is 9.29. The van der Waals surface area contributed by atoms with Gasteiger partial charge in [-0.2, -0.15) is 0 Å². The van der Waals surface area contributed by atoms with Gasteiger partial charge < -0.3 is 14.4 Å². The smallest absolute Gasteiger partial charge is 0.256 e. The van der Waals surface area contributed by atoms with Crippen molar-refractivity contribution in [3.63, 3.8) is 0 Å². The van der Waals surface area contributed by atoms with E-state index in [-0.39, 0.29) is 13.4 Å². The van der Waals surface area contributed by atoms with Crippen LogP contribution in [0.15, 0.2) is 158 Å². The Bertz CT molecular complexity index is 3160. The summed E-state index contributed by atoms with van der Waals surface area (Å²) in [6.07, 6.45) is 0. The highest BCUT2D eigenvalue weighted by Crippen LogP contribution is 2.48. The average molecular weight is 796 g/mol. The molecule has 0 amide bonds. The monoisotopic (exact) mass is 795 g/mol. The molecule has 290 valence electrons. The van der Waals surface area contributed by atoms with E-state index in [1.54, 1.807) is 0 Å². The van der Waals surface area contributed by atoms with Crippen LogP contribution in [-0.4, -0.2) is 33.4 Å². The minimum atomic E-state index is -0.101. The van der Waals surface area contributed by atoms with Crippen LogP contribution >= 0.6 is 0 Å². The van der Waals surface area contributed by atoms with E-state index in [2.05, 4.69) is 133 Å². The van der Waals surface area contributed by atoms with Gasteiger partial charge in [-0.05, 0) is 102 Å². The van der Waals surface area contributed by atoms with Crippen LogP contribution in [0.5, 0.6) is 23.0 Å². The predicted octanol–water partition coefficient (Wildman–Crippen LogP) is 8.20. The van der Waals surface area contributed by atoms with Crippen LogP contribution in [0.2, 0.25) is 0 Å². The molecule has 0 N–H and O–H groups in total. The Kier molecular flexibility index (Phi) is 7.41. The summed E-state index contributed by atoms with van der Waals surface area (Å²) < 4.78 is 14.2. The number of hydrogen-bond acceptors (Lipinski definition) is 7. The van der Waals surface area contributed by atoms with Gasteiger partial charge in [-0.15, -0.1) is 0 Å². The van der Waals surface area contributed by atoms with Crippen molar-refractivity contribution in [1.29, 1.82) is 0 Å². The van der Waals surface area contributed by atoms with Gasteiger partial charge >= 0.3 is 0 Å². The number of anilines is 3. The number of nitrogens with zero attached hydrogens (tertiary/aromatic N) is 5. The molecule has 4 aliphatic rings. The summed E-state index contributed by atoms with van der Waals surface area (Å²) in [7, 11) is 0. The number of ether oxygens (including phenoxy) is 2. The van der Waals surface area contributed by atoms with E-state index in [1.165, 1.54) is 10.9 Å². The molecule has 9 heteroatoms. The molecule has 0 fully saturated rings. The summed E-state index contributed by atoms with van der Waals surface area (Å²) in [5.41, 5.74) is 19.1. The van der Waals surface area contributed by atoms with Gasteiger partial charge in [-0.1, -0.05) is 109 Å². The highest BCUT2D eigenvalue weighted by atomic mass is 16.5. The van der Waals surface area contributed by atoms with Gasteiger partial charge in [0.25, 0.3) is 13.4 Å². The maximum Gasteiger partial charge on any atom is 0.256 e. The molecule has 62 heavy (non-hydrogen) atoms. The number of para-hydroxylation sites is 2. The molecular weight excluding hydrogens is 760 g/mol. The topological polar surface area (TPSA) is 73.3 Å². The SMILES string of the molecule is Cc1nc(-c2ccccc2)cc(-c2ccc3c(c2)B2c4ccccc4N4c5ccccc5B5c6cc(-c7cc(-c8ccccc8)nc(C)n7)ccc6Oc6c(C)c(c2c4c65)O3)n1. The van der Waals surface area contributed by atoms with E-state index < -0.39 is 0 Å². The summed E-state index contributed by atoms with van der Waals surface area (Å²) in [6.45, 7) is 5.88. The first kappa shape index (κ1) is 35.0. The molecule has 0 saturated heterocycles. The Morgan fingerprint density at radius 2 is 0.806 bits per heavy atom. The third-order valence-electron chi connectivity index (χ3n) is 12.9. The van der Waals surface area contributed by atoms with Crippen molar-refractivity contribution in [2.24, 2.45) is 0 Å². The highest BCUT2D eigenvalue weighted by molar-refractivity contribution is 7.03. The molecular formula is C53H35B2N5O2. The van der Waals surface area contributed by atoms with E-state index in [4.69, 9.17) is 29.4 Å².